The topological polar surface area (TPSA) is 98.2 Å². The molecule has 5 heteroatoms. The predicted octanol–water partition coefficient (Wildman–Crippen LogP) is 0.376. The maximum Gasteiger partial charge on any atom is 0.239 e. The third-order valence-electron chi connectivity index (χ3n) is 4.60. The Labute approximate surface area is 109 Å². The van der Waals surface area contributed by atoms with Gasteiger partial charge in [0.15, 0.2) is 0 Å². The summed E-state index contributed by atoms with van der Waals surface area (Å²) in [7, 11) is 0. The molecule has 1 aliphatic carbocycles. The van der Waals surface area contributed by atoms with E-state index in [0.717, 1.165) is 12.8 Å². The van der Waals surface area contributed by atoms with Gasteiger partial charge in [0.2, 0.25) is 11.8 Å². The highest BCUT2D eigenvalue weighted by Gasteiger charge is 2.45. The van der Waals surface area contributed by atoms with E-state index in [1.54, 1.807) is 6.92 Å². The Morgan fingerprint density at radius 2 is 1.89 bits per heavy atom. The largest absolute Gasteiger partial charge is 0.368 e. The van der Waals surface area contributed by atoms with Crippen LogP contribution < -0.4 is 16.8 Å². The molecule has 2 amide bonds. The first kappa shape index (κ1) is 15.0. The fraction of sp³-hybridized carbons (Fsp3) is 0.846. The highest BCUT2D eigenvalue weighted by atomic mass is 16.2. The third kappa shape index (κ3) is 2.83. The van der Waals surface area contributed by atoms with Crippen LogP contribution in [0.15, 0.2) is 0 Å². The smallest absolute Gasteiger partial charge is 0.239 e. The number of carbonyl (C=O) groups excluding carboxylic acids is 2. The van der Waals surface area contributed by atoms with Crippen molar-refractivity contribution in [2.45, 2.75) is 52.6 Å². The van der Waals surface area contributed by atoms with Crippen molar-refractivity contribution in [2.75, 3.05) is 0 Å². The third-order valence-corrected chi connectivity index (χ3v) is 4.60. The Morgan fingerprint density at radius 1 is 1.33 bits per heavy atom. The molecule has 104 valence electrons. The van der Waals surface area contributed by atoms with Gasteiger partial charge in [0, 0.05) is 12.0 Å². The molecule has 1 rings (SSSR count). The Hall–Kier alpha value is -1.10. The van der Waals surface area contributed by atoms with Crippen molar-refractivity contribution in [2.24, 2.45) is 28.7 Å². The van der Waals surface area contributed by atoms with Crippen molar-refractivity contribution in [3.8, 4) is 0 Å². The summed E-state index contributed by atoms with van der Waals surface area (Å²) >= 11 is 0. The average molecular weight is 255 g/mol. The van der Waals surface area contributed by atoms with Crippen molar-refractivity contribution in [3.63, 3.8) is 0 Å². The number of rotatable bonds is 3. The van der Waals surface area contributed by atoms with Crippen LogP contribution >= 0.6 is 0 Å². The Morgan fingerprint density at radius 3 is 2.39 bits per heavy atom. The van der Waals surface area contributed by atoms with Gasteiger partial charge in [-0.1, -0.05) is 20.8 Å². The van der Waals surface area contributed by atoms with E-state index in [2.05, 4.69) is 26.1 Å². The number of primary amides is 1. The SMILES string of the molecule is CC(NC(=O)C1CCC(N)C(C)C1(C)C)C(N)=O. The summed E-state index contributed by atoms with van der Waals surface area (Å²) < 4.78 is 0. The van der Waals surface area contributed by atoms with Gasteiger partial charge >= 0.3 is 0 Å². The lowest BCUT2D eigenvalue weighted by Gasteiger charge is -2.46. The summed E-state index contributed by atoms with van der Waals surface area (Å²) in [5, 5.41) is 2.69. The van der Waals surface area contributed by atoms with E-state index in [-0.39, 0.29) is 29.2 Å². The normalized spacial score (nSPS) is 32.6. The zero-order valence-electron chi connectivity index (χ0n) is 11.7. The summed E-state index contributed by atoms with van der Waals surface area (Å²) in [6.07, 6.45) is 1.60. The molecule has 5 nitrogen and oxygen atoms in total. The van der Waals surface area contributed by atoms with Gasteiger partial charge in [-0.15, -0.1) is 0 Å². The summed E-state index contributed by atoms with van der Waals surface area (Å²) in [4.78, 5) is 23.2. The number of nitrogens with two attached hydrogens (primary N) is 2. The lowest BCUT2D eigenvalue weighted by Crippen LogP contribution is -2.54. The Kier molecular flexibility index (Phi) is 4.37. The van der Waals surface area contributed by atoms with Gasteiger partial charge in [-0.2, -0.15) is 0 Å². The van der Waals surface area contributed by atoms with Crippen molar-refractivity contribution in [1.82, 2.24) is 5.32 Å². The van der Waals surface area contributed by atoms with E-state index in [1.165, 1.54) is 0 Å². The quantitative estimate of drug-likeness (QED) is 0.679. The second-order valence-electron chi connectivity index (χ2n) is 6.04. The van der Waals surface area contributed by atoms with Gasteiger partial charge in [0.25, 0.3) is 0 Å². The van der Waals surface area contributed by atoms with Gasteiger partial charge in [-0.25, -0.2) is 0 Å². The molecular weight excluding hydrogens is 230 g/mol. The van der Waals surface area contributed by atoms with E-state index >= 15 is 0 Å². The number of carbonyl (C=O) groups is 2. The van der Waals surface area contributed by atoms with Gasteiger partial charge < -0.3 is 16.8 Å². The number of hydrogen-bond donors (Lipinski definition) is 3. The standard InChI is InChI=1S/C13H25N3O2/c1-7-10(14)6-5-9(13(7,3)4)12(18)16-8(2)11(15)17/h7-10H,5-6,14H2,1-4H3,(H2,15,17)(H,16,18). The molecule has 1 aliphatic rings. The maximum atomic E-state index is 12.2. The minimum Gasteiger partial charge on any atom is -0.368 e. The first-order chi connectivity index (χ1) is 8.17. The molecule has 0 aromatic heterocycles. The number of hydrogen-bond acceptors (Lipinski definition) is 3. The summed E-state index contributed by atoms with van der Waals surface area (Å²) in [6, 6.07) is -0.489. The molecule has 0 aliphatic heterocycles. The Bertz CT molecular complexity index is 341. The van der Waals surface area contributed by atoms with Crippen LogP contribution in [0, 0.1) is 17.3 Å². The minimum absolute atomic E-state index is 0.0925. The first-order valence-corrected chi connectivity index (χ1v) is 6.53. The van der Waals surface area contributed by atoms with Gasteiger partial charge in [-0.05, 0) is 31.1 Å². The monoisotopic (exact) mass is 255 g/mol. The van der Waals surface area contributed by atoms with Gasteiger partial charge in [0.05, 0.1) is 0 Å². The highest BCUT2D eigenvalue weighted by Crippen LogP contribution is 2.44. The summed E-state index contributed by atoms with van der Waals surface area (Å²) in [5.74, 6) is -0.452. The molecular formula is C13H25N3O2. The minimum atomic E-state index is -0.626. The molecule has 4 unspecified atom stereocenters. The molecule has 0 aromatic carbocycles. The molecule has 1 saturated carbocycles. The molecule has 0 spiro atoms. The molecule has 5 N–H and O–H groups in total. The van der Waals surface area contributed by atoms with Crippen LogP contribution in [0.3, 0.4) is 0 Å². The van der Waals surface area contributed by atoms with E-state index < -0.39 is 11.9 Å². The maximum absolute atomic E-state index is 12.2. The van der Waals surface area contributed by atoms with Crippen LogP contribution in [0.4, 0.5) is 0 Å². The fourth-order valence-corrected chi connectivity index (χ4v) is 2.70. The van der Waals surface area contributed by atoms with Crippen molar-refractivity contribution in [1.29, 1.82) is 0 Å². The zero-order chi connectivity index (χ0) is 14.1. The second kappa shape index (κ2) is 5.26. The average Bonchev–Trinajstić information content (AvgIpc) is 2.25. The summed E-state index contributed by atoms with van der Waals surface area (Å²) in [5.41, 5.74) is 11.0. The van der Waals surface area contributed by atoms with Gasteiger partial charge in [0.1, 0.15) is 6.04 Å². The van der Waals surface area contributed by atoms with Crippen LogP contribution in [0.25, 0.3) is 0 Å². The summed E-state index contributed by atoms with van der Waals surface area (Å²) in [6.45, 7) is 7.82. The van der Waals surface area contributed by atoms with Crippen molar-refractivity contribution in [3.05, 3.63) is 0 Å². The highest BCUT2D eigenvalue weighted by molar-refractivity contribution is 5.87. The van der Waals surface area contributed by atoms with Gasteiger partial charge in [-0.3, -0.25) is 9.59 Å². The van der Waals surface area contributed by atoms with E-state index in [4.69, 9.17) is 11.5 Å². The van der Waals surface area contributed by atoms with E-state index in [1.807, 2.05) is 0 Å². The molecule has 1 fully saturated rings. The molecule has 0 aromatic rings. The number of amides is 2. The fourth-order valence-electron chi connectivity index (χ4n) is 2.70. The van der Waals surface area contributed by atoms with Crippen LogP contribution in [-0.2, 0) is 9.59 Å². The number of nitrogens with one attached hydrogen (secondary N) is 1. The molecule has 0 radical (unpaired) electrons. The lowest BCUT2D eigenvalue weighted by atomic mass is 9.61. The predicted molar refractivity (Wildman–Crippen MR) is 70.4 cm³/mol. The lowest BCUT2D eigenvalue weighted by molar-refractivity contribution is -0.135. The molecule has 18 heavy (non-hydrogen) atoms. The molecule has 0 bridgehead atoms. The van der Waals surface area contributed by atoms with Crippen LogP contribution in [0.5, 0.6) is 0 Å². The van der Waals surface area contributed by atoms with Crippen LogP contribution in [0.2, 0.25) is 0 Å². The molecule has 4 atom stereocenters. The van der Waals surface area contributed by atoms with Crippen molar-refractivity contribution >= 4 is 11.8 Å². The molecule has 0 saturated heterocycles. The van der Waals surface area contributed by atoms with Crippen LogP contribution in [-0.4, -0.2) is 23.9 Å². The van der Waals surface area contributed by atoms with Crippen LogP contribution in [0.1, 0.15) is 40.5 Å². The zero-order valence-corrected chi connectivity index (χ0v) is 11.7. The Balaban J connectivity index is 2.77. The first-order valence-electron chi connectivity index (χ1n) is 6.53. The second-order valence-corrected chi connectivity index (χ2v) is 6.04. The molecule has 0 heterocycles. The van der Waals surface area contributed by atoms with E-state index in [0.29, 0.717) is 0 Å². The van der Waals surface area contributed by atoms with E-state index in [9.17, 15) is 9.59 Å². The van der Waals surface area contributed by atoms with Crippen molar-refractivity contribution < 1.29 is 9.59 Å².